The highest BCUT2D eigenvalue weighted by Gasteiger charge is 1.97. The molecular weight excluding hydrogens is 234 g/mol. The van der Waals surface area contributed by atoms with Gasteiger partial charge in [0.15, 0.2) is 5.95 Å². The molecule has 2 aromatic heterocycles. The summed E-state index contributed by atoms with van der Waals surface area (Å²) in [5, 5.41) is 4.56. The Labute approximate surface area is 101 Å². The molecular formula is C10H13N7O. The molecule has 1 aromatic carbocycles. The molecule has 0 bridgehead atoms. The number of rotatable bonds is 0. The Bertz CT molecular complexity index is 675. The number of anilines is 3. The molecule has 3 aromatic rings. The van der Waals surface area contributed by atoms with E-state index >= 15 is 0 Å². The smallest absolute Gasteiger partial charge is 0.289 e. The van der Waals surface area contributed by atoms with Gasteiger partial charge in [-0.1, -0.05) is 12.1 Å². The van der Waals surface area contributed by atoms with E-state index in [1.54, 1.807) is 0 Å². The fourth-order valence-corrected chi connectivity index (χ4v) is 1.35. The second-order valence-electron chi connectivity index (χ2n) is 3.55. The lowest BCUT2D eigenvalue weighted by atomic mass is 10.3. The third kappa shape index (κ3) is 2.26. The van der Waals surface area contributed by atoms with E-state index in [1.807, 2.05) is 24.3 Å². The summed E-state index contributed by atoms with van der Waals surface area (Å²) in [4.78, 5) is 17.3. The van der Waals surface area contributed by atoms with Crippen LogP contribution < -0.4 is 22.8 Å². The molecule has 0 aliphatic carbocycles. The van der Waals surface area contributed by atoms with Crippen LogP contribution in [0.15, 0.2) is 29.1 Å². The number of aromatic amines is 3. The van der Waals surface area contributed by atoms with Crippen LogP contribution in [0.25, 0.3) is 11.0 Å². The predicted octanol–water partition coefficient (Wildman–Crippen LogP) is 0.0125. The van der Waals surface area contributed by atoms with Crippen molar-refractivity contribution in [2.75, 3.05) is 17.2 Å². The molecule has 0 amide bonds. The molecule has 0 aliphatic heterocycles. The first kappa shape index (κ1) is 11.6. The number of nitrogens with two attached hydrogens (primary N) is 3. The molecule has 0 aliphatic rings. The molecule has 18 heavy (non-hydrogen) atoms. The number of fused-ring (bicyclic) bond motifs is 1. The number of para-hydroxylation sites is 2. The second kappa shape index (κ2) is 4.53. The van der Waals surface area contributed by atoms with Crippen LogP contribution in [-0.4, -0.2) is 20.2 Å². The molecule has 9 N–H and O–H groups in total. The molecule has 0 saturated carbocycles. The lowest BCUT2D eigenvalue weighted by Crippen LogP contribution is -2.05. The van der Waals surface area contributed by atoms with E-state index in [2.05, 4.69) is 20.2 Å². The van der Waals surface area contributed by atoms with Gasteiger partial charge in [0, 0.05) is 0 Å². The average molecular weight is 247 g/mol. The Morgan fingerprint density at radius 1 is 1.06 bits per heavy atom. The van der Waals surface area contributed by atoms with Gasteiger partial charge in [0.2, 0.25) is 0 Å². The van der Waals surface area contributed by atoms with Crippen LogP contribution in [0.1, 0.15) is 0 Å². The van der Waals surface area contributed by atoms with Crippen LogP contribution in [0.2, 0.25) is 0 Å². The summed E-state index contributed by atoms with van der Waals surface area (Å²) >= 11 is 0. The van der Waals surface area contributed by atoms with Crippen LogP contribution in [0.5, 0.6) is 0 Å². The number of aromatic nitrogens is 4. The van der Waals surface area contributed by atoms with E-state index in [9.17, 15) is 4.79 Å². The number of nitrogen functional groups attached to an aromatic ring is 3. The molecule has 0 radical (unpaired) electrons. The van der Waals surface area contributed by atoms with Crippen LogP contribution >= 0.6 is 0 Å². The largest absolute Gasteiger partial charge is 0.391 e. The normalized spacial score (nSPS) is 10.0. The van der Waals surface area contributed by atoms with Gasteiger partial charge in [-0.25, -0.2) is 4.98 Å². The first-order chi connectivity index (χ1) is 8.58. The van der Waals surface area contributed by atoms with Crippen LogP contribution in [0, 0.1) is 0 Å². The summed E-state index contributed by atoms with van der Waals surface area (Å²) in [6.45, 7) is 0. The number of hydrogen-bond donors (Lipinski definition) is 6. The quantitative estimate of drug-likeness (QED) is 0.330. The fourth-order valence-electron chi connectivity index (χ4n) is 1.35. The van der Waals surface area contributed by atoms with Crippen molar-refractivity contribution in [3.05, 3.63) is 34.6 Å². The van der Waals surface area contributed by atoms with Crippen molar-refractivity contribution in [3.8, 4) is 0 Å². The van der Waals surface area contributed by atoms with Crippen molar-refractivity contribution in [2.45, 2.75) is 0 Å². The molecule has 0 atom stereocenters. The number of imidazole rings is 1. The van der Waals surface area contributed by atoms with Crippen molar-refractivity contribution in [1.82, 2.24) is 20.2 Å². The minimum absolute atomic E-state index is 0.0463. The lowest BCUT2D eigenvalue weighted by molar-refractivity contribution is 1.06. The highest BCUT2D eigenvalue weighted by atomic mass is 16.1. The zero-order chi connectivity index (χ0) is 13.1. The number of hydrogen-bond acceptors (Lipinski definition) is 5. The molecule has 0 fully saturated rings. The summed E-state index contributed by atoms with van der Waals surface area (Å²) < 4.78 is 0. The predicted molar refractivity (Wildman–Crippen MR) is 70.7 cm³/mol. The van der Waals surface area contributed by atoms with Gasteiger partial charge in [-0.2, -0.15) is 0 Å². The van der Waals surface area contributed by atoms with E-state index in [0.29, 0.717) is 5.95 Å². The van der Waals surface area contributed by atoms with Gasteiger partial charge in [-0.3, -0.25) is 15.0 Å². The second-order valence-corrected chi connectivity index (χ2v) is 3.55. The third-order valence-electron chi connectivity index (χ3n) is 2.25. The summed E-state index contributed by atoms with van der Waals surface area (Å²) in [5.41, 5.74) is 17.2. The SMILES string of the molecule is Nc1[nH][nH]c(=O)c1N.Nc1nc2ccccc2[nH]1. The lowest BCUT2D eigenvalue weighted by Gasteiger charge is -1.81. The summed E-state index contributed by atoms with van der Waals surface area (Å²) in [6, 6.07) is 7.74. The Morgan fingerprint density at radius 2 is 1.78 bits per heavy atom. The Balaban J connectivity index is 0.000000138. The van der Waals surface area contributed by atoms with Gasteiger partial charge in [0.05, 0.1) is 11.0 Å². The van der Waals surface area contributed by atoms with Crippen molar-refractivity contribution in [2.24, 2.45) is 0 Å². The topological polar surface area (TPSA) is 155 Å². The van der Waals surface area contributed by atoms with E-state index in [0.717, 1.165) is 11.0 Å². The molecule has 94 valence electrons. The Kier molecular flexibility index (Phi) is 2.92. The first-order valence-corrected chi connectivity index (χ1v) is 5.09. The third-order valence-corrected chi connectivity index (χ3v) is 2.25. The van der Waals surface area contributed by atoms with Gasteiger partial charge in [0.25, 0.3) is 5.56 Å². The van der Waals surface area contributed by atoms with Crippen molar-refractivity contribution >= 4 is 28.5 Å². The van der Waals surface area contributed by atoms with Gasteiger partial charge in [-0.15, -0.1) is 0 Å². The Morgan fingerprint density at radius 3 is 2.28 bits per heavy atom. The standard InChI is InChI=1S/C7H7N3.C3H6N4O/c8-7-9-5-3-1-2-4-6(5)10-7;4-1-2(5)6-7-3(1)8/h1-4H,(H3,8,9,10);4H2,(H4,5,6,7,8). The zero-order valence-electron chi connectivity index (χ0n) is 9.40. The van der Waals surface area contributed by atoms with Crippen LogP contribution in [0.3, 0.4) is 0 Å². The van der Waals surface area contributed by atoms with Crippen LogP contribution in [0.4, 0.5) is 17.5 Å². The van der Waals surface area contributed by atoms with E-state index in [-0.39, 0.29) is 17.1 Å². The van der Waals surface area contributed by atoms with Gasteiger partial charge in [-0.05, 0) is 12.1 Å². The molecule has 8 heteroatoms. The zero-order valence-corrected chi connectivity index (χ0v) is 9.40. The first-order valence-electron chi connectivity index (χ1n) is 5.09. The summed E-state index contributed by atoms with van der Waals surface area (Å²) in [6.07, 6.45) is 0. The number of nitrogens with one attached hydrogen (secondary N) is 3. The summed E-state index contributed by atoms with van der Waals surface area (Å²) in [5.74, 6) is 0.663. The molecule has 8 nitrogen and oxygen atoms in total. The molecule has 3 rings (SSSR count). The van der Waals surface area contributed by atoms with Gasteiger partial charge in [0.1, 0.15) is 11.5 Å². The highest BCUT2D eigenvalue weighted by Crippen LogP contribution is 2.10. The van der Waals surface area contributed by atoms with E-state index < -0.39 is 0 Å². The van der Waals surface area contributed by atoms with Gasteiger partial charge >= 0.3 is 0 Å². The molecule has 2 heterocycles. The van der Waals surface area contributed by atoms with Crippen LogP contribution in [-0.2, 0) is 0 Å². The average Bonchev–Trinajstić information content (AvgIpc) is 2.87. The highest BCUT2D eigenvalue weighted by molar-refractivity contribution is 5.76. The molecule has 0 saturated heterocycles. The molecule has 0 spiro atoms. The fraction of sp³-hybridized carbons (Fsp3) is 0. The Hall–Kier alpha value is -2.90. The summed E-state index contributed by atoms with van der Waals surface area (Å²) in [7, 11) is 0. The van der Waals surface area contributed by atoms with Crippen molar-refractivity contribution in [1.29, 1.82) is 0 Å². The van der Waals surface area contributed by atoms with E-state index in [4.69, 9.17) is 17.2 Å². The maximum Gasteiger partial charge on any atom is 0.289 e. The van der Waals surface area contributed by atoms with E-state index in [1.165, 1.54) is 0 Å². The van der Waals surface area contributed by atoms with Crippen molar-refractivity contribution < 1.29 is 0 Å². The van der Waals surface area contributed by atoms with Gasteiger partial charge < -0.3 is 22.2 Å². The minimum atomic E-state index is -0.373. The maximum absolute atomic E-state index is 10.3. The minimum Gasteiger partial charge on any atom is -0.391 e. The number of benzene rings is 1. The maximum atomic E-state index is 10.3. The molecule has 0 unspecified atom stereocenters. The number of nitrogens with zero attached hydrogens (tertiary/aromatic N) is 1. The number of H-pyrrole nitrogens is 3. The van der Waals surface area contributed by atoms with Crippen molar-refractivity contribution in [3.63, 3.8) is 0 Å². The monoisotopic (exact) mass is 247 g/mol.